The number of carboxylic acids is 2. The molecule has 0 aliphatic heterocycles. The minimum atomic E-state index is -0.935. The maximum absolute atomic E-state index is 9.60. The minimum Gasteiger partial charge on any atom is -0.516 e. The van der Waals surface area contributed by atoms with E-state index in [4.69, 9.17) is 20.4 Å². The van der Waals surface area contributed by atoms with Crippen molar-refractivity contribution >= 4 is 11.9 Å². The van der Waals surface area contributed by atoms with Crippen LogP contribution in [0, 0.1) is 0 Å². The van der Waals surface area contributed by atoms with Gasteiger partial charge in [-0.05, 0) is 26.3 Å². The first-order valence-electron chi connectivity index (χ1n) is 4.88. The summed E-state index contributed by atoms with van der Waals surface area (Å²) in [7, 11) is 0. The van der Waals surface area contributed by atoms with E-state index in [-0.39, 0.29) is 17.8 Å². The quantitative estimate of drug-likeness (QED) is 0.452. The van der Waals surface area contributed by atoms with Crippen LogP contribution in [0.15, 0.2) is 36.6 Å². The molecule has 0 aromatic heterocycles. The SMILES string of the molecule is C=C(C)C(=O)O.C=C(C)C(=O)O.OC=CCCO. The standard InChI is InChI=1S/2C4H6O2.C4H8O2/c2*1-3(2)4(5)6;5-3-1-2-4-6/h2*1H2,2H3,(H,5,6);1,3,5-6H,2,4H2. The van der Waals surface area contributed by atoms with Gasteiger partial charge in [0, 0.05) is 17.8 Å². The molecule has 0 radical (unpaired) electrons. The molecule has 0 heterocycles. The Labute approximate surface area is 106 Å². The van der Waals surface area contributed by atoms with Gasteiger partial charge in [0.15, 0.2) is 0 Å². The predicted octanol–water partition coefficient (Wildman–Crippen LogP) is 1.73. The van der Waals surface area contributed by atoms with Crippen molar-refractivity contribution in [1.29, 1.82) is 0 Å². The molecule has 6 nitrogen and oxygen atoms in total. The molecule has 0 bridgehead atoms. The molecule has 0 aromatic rings. The zero-order chi connectivity index (χ0) is 15.1. The number of rotatable bonds is 4. The zero-order valence-corrected chi connectivity index (χ0v) is 10.6. The summed E-state index contributed by atoms with van der Waals surface area (Å²) in [4.78, 5) is 19.2. The van der Waals surface area contributed by atoms with Gasteiger partial charge in [-0.15, -0.1) is 0 Å². The number of hydrogen-bond acceptors (Lipinski definition) is 4. The van der Waals surface area contributed by atoms with Crippen LogP contribution in [-0.2, 0) is 9.59 Å². The molecule has 0 rings (SSSR count). The average molecular weight is 260 g/mol. The Balaban J connectivity index is -0.000000187. The topological polar surface area (TPSA) is 115 Å². The van der Waals surface area contributed by atoms with Crippen LogP contribution in [-0.4, -0.2) is 39.0 Å². The summed E-state index contributed by atoms with van der Waals surface area (Å²) >= 11 is 0. The molecule has 4 N–H and O–H groups in total. The molecule has 0 fully saturated rings. The van der Waals surface area contributed by atoms with Crippen molar-refractivity contribution in [2.24, 2.45) is 0 Å². The first kappa shape index (κ1) is 21.2. The lowest BCUT2D eigenvalue weighted by molar-refractivity contribution is -0.133. The number of aliphatic hydroxyl groups excluding tert-OH is 2. The summed E-state index contributed by atoms with van der Waals surface area (Å²) in [5, 5.41) is 31.7. The molecule has 0 aliphatic rings. The molecule has 18 heavy (non-hydrogen) atoms. The molecule has 0 amide bonds. The lowest BCUT2D eigenvalue weighted by atomic mass is 10.4. The number of carbonyl (C=O) groups is 2. The second-order valence-corrected chi connectivity index (χ2v) is 3.07. The fourth-order valence-corrected chi connectivity index (χ4v) is 0.149. The van der Waals surface area contributed by atoms with Crippen molar-refractivity contribution in [3.63, 3.8) is 0 Å². The normalized spacial score (nSPS) is 8.39. The van der Waals surface area contributed by atoms with Crippen LogP contribution < -0.4 is 0 Å². The predicted molar refractivity (Wildman–Crippen MR) is 68.4 cm³/mol. The Hall–Kier alpha value is -2.08. The Bertz CT molecular complexity index is 256. The van der Waals surface area contributed by atoms with E-state index in [0.717, 1.165) is 6.26 Å². The molecule has 0 saturated heterocycles. The van der Waals surface area contributed by atoms with E-state index in [1.165, 1.54) is 19.9 Å². The lowest BCUT2D eigenvalue weighted by Crippen LogP contribution is -1.92. The third kappa shape index (κ3) is 29.2. The van der Waals surface area contributed by atoms with Crippen molar-refractivity contribution in [2.45, 2.75) is 20.3 Å². The van der Waals surface area contributed by atoms with Crippen LogP contribution in [0.2, 0.25) is 0 Å². The molecule has 0 atom stereocenters. The van der Waals surface area contributed by atoms with E-state index in [2.05, 4.69) is 13.2 Å². The highest BCUT2D eigenvalue weighted by Crippen LogP contribution is 1.81. The van der Waals surface area contributed by atoms with Gasteiger partial charge in [-0.1, -0.05) is 13.2 Å². The van der Waals surface area contributed by atoms with E-state index in [1.807, 2.05) is 0 Å². The van der Waals surface area contributed by atoms with Gasteiger partial charge in [0.2, 0.25) is 0 Å². The molecular formula is C12H20O6. The van der Waals surface area contributed by atoms with Gasteiger partial charge in [-0.3, -0.25) is 0 Å². The first-order chi connectivity index (χ1) is 8.20. The van der Waals surface area contributed by atoms with Crippen molar-refractivity contribution in [3.8, 4) is 0 Å². The Kier molecular flexibility index (Phi) is 17.6. The summed E-state index contributed by atoms with van der Waals surface area (Å²) in [6, 6.07) is 0. The monoisotopic (exact) mass is 260 g/mol. The minimum absolute atomic E-state index is 0.108. The van der Waals surface area contributed by atoms with Crippen LogP contribution in [0.1, 0.15) is 20.3 Å². The van der Waals surface area contributed by atoms with Gasteiger partial charge < -0.3 is 20.4 Å². The third-order valence-electron chi connectivity index (χ3n) is 1.13. The fraction of sp³-hybridized carbons (Fsp3) is 0.333. The molecule has 104 valence electrons. The summed E-state index contributed by atoms with van der Waals surface area (Å²) < 4.78 is 0. The number of hydrogen-bond donors (Lipinski definition) is 4. The summed E-state index contributed by atoms with van der Waals surface area (Å²) in [5.74, 6) is -1.87. The molecule has 0 unspecified atom stereocenters. The summed E-state index contributed by atoms with van der Waals surface area (Å²) in [6.45, 7) is 9.31. The number of carboxylic acid groups (broad SMARTS) is 2. The van der Waals surface area contributed by atoms with Gasteiger partial charge >= 0.3 is 11.9 Å². The van der Waals surface area contributed by atoms with Crippen LogP contribution in [0.4, 0.5) is 0 Å². The Morgan fingerprint density at radius 2 is 1.33 bits per heavy atom. The third-order valence-corrected chi connectivity index (χ3v) is 1.13. The lowest BCUT2D eigenvalue weighted by Gasteiger charge is -1.79. The van der Waals surface area contributed by atoms with Crippen LogP contribution in [0.25, 0.3) is 0 Å². The van der Waals surface area contributed by atoms with Crippen LogP contribution in [0.3, 0.4) is 0 Å². The molecule has 0 saturated carbocycles. The highest BCUT2D eigenvalue weighted by atomic mass is 16.4. The Morgan fingerprint density at radius 3 is 1.39 bits per heavy atom. The van der Waals surface area contributed by atoms with E-state index >= 15 is 0 Å². The average Bonchev–Trinajstić information content (AvgIpc) is 2.27. The molecule has 0 spiro atoms. The maximum atomic E-state index is 9.60. The number of aliphatic hydroxyl groups is 2. The van der Waals surface area contributed by atoms with Crippen molar-refractivity contribution < 1.29 is 30.0 Å². The fourth-order valence-electron chi connectivity index (χ4n) is 0.149. The van der Waals surface area contributed by atoms with Crippen molar-refractivity contribution in [3.05, 3.63) is 36.6 Å². The van der Waals surface area contributed by atoms with Gasteiger partial charge in [-0.25, -0.2) is 9.59 Å². The van der Waals surface area contributed by atoms with Crippen LogP contribution in [0.5, 0.6) is 0 Å². The molecular weight excluding hydrogens is 240 g/mol. The van der Waals surface area contributed by atoms with Crippen molar-refractivity contribution in [2.75, 3.05) is 6.61 Å². The maximum Gasteiger partial charge on any atom is 0.330 e. The molecule has 0 aromatic carbocycles. The smallest absolute Gasteiger partial charge is 0.330 e. The zero-order valence-electron chi connectivity index (χ0n) is 10.6. The second-order valence-electron chi connectivity index (χ2n) is 3.07. The van der Waals surface area contributed by atoms with E-state index in [9.17, 15) is 9.59 Å². The summed E-state index contributed by atoms with van der Waals surface area (Å²) in [6.07, 6.45) is 2.95. The van der Waals surface area contributed by atoms with Gasteiger partial charge in [0.25, 0.3) is 0 Å². The number of aliphatic carboxylic acids is 2. The molecule has 6 heteroatoms. The van der Waals surface area contributed by atoms with Crippen molar-refractivity contribution in [1.82, 2.24) is 0 Å². The first-order valence-corrected chi connectivity index (χ1v) is 4.88. The van der Waals surface area contributed by atoms with E-state index in [0.29, 0.717) is 6.42 Å². The second kappa shape index (κ2) is 14.9. The van der Waals surface area contributed by atoms with Crippen LogP contribution >= 0.6 is 0 Å². The van der Waals surface area contributed by atoms with Gasteiger partial charge in [0.1, 0.15) is 0 Å². The highest BCUT2D eigenvalue weighted by Gasteiger charge is 1.90. The largest absolute Gasteiger partial charge is 0.516 e. The Morgan fingerprint density at radius 1 is 1.06 bits per heavy atom. The van der Waals surface area contributed by atoms with Gasteiger partial charge in [-0.2, -0.15) is 0 Å². The molecule has 0 aliphatic carbocycles. The summed E-state index contributed by atoms with van der Waals surface area (Å²) in [5.41, 5.74) is 0.352. The highest BCUT2D eigenvalue weighted by molar-refractivity contribution is 5.85. The van der Waals surface area contributed by atoms with Gasteiger partial charge in [0.05, 0.1) is 6.26 Å². The van der Waals surface area contributed by atoms with E-state index in [1.54, 1.807) is 0 Å². The van der Waals surface area contributed by atoms with E-state index < -0.39 is 11.9 Å².